The van der Waals surface area contributed by atoms with Crippen LogP contribution in [0.15, 0.2) is 36.4 Å². The molecule has 5 rings (SSSR count). The van der Waals surface area contributed by atoms with E-state index in [9.17, 15) is 19.2 Å². The average molecular weight is 819 g/mol. The van der Waals surface area contributed by atoms with Crippen molar-refractivity contribution in [3.63, 3.8) is 0 Å². The number of nitrogens with one attached hydrogen (secondary N) is 2. The highest BCUT2D eigenvalue weighted by Gasteiger charge is 2.25. The molecule has 2 aliphatic heterocycles. The molecule has 2 N–H and O–H groups in total. The number of aryl methyl sites for hydroxylation is 2. The molecule has 0 aromatic carbocycles. The molecule has 0 fully saturated rings. The summed E-state index contributed by atoms with van der Waals surface area (Å²) in [7, 11) is 0. The van der Waals surface area contributed by atoms with E-state index in [0.717, 1.165) is 68.7 Å². The number of hydrogen-bond donors (Lipinski definition) is 2. The number of esters is 4. The molecule has 0 spiro atoms. The number of nitrogens with zero attached hydrogens (tertiary/aromatic N) is 2. The second-order valence-corrected chi connectivity index (χ2v) is 14.1. The molecular weight excluding hydrogens is 761 g/mol. The van der Waals surface area contributed by atoms with Crippen LogP contribution < -0.4 is 0 Å². The largest absolute Gasteiger partial charge is 0.466 e. The van der Waals surface area contributed by atoms with E-state index in [4.69, 9.17) is 28.9 Å². The summed E-state index contributed by atoms with van der Waals surface area (Å²) in [5.41, 5.74) is 13.4. The number of fused-ring (bicyclic) bond motifs is 8. The lowest BCUT2D eigenvalue weighted by atomic mass is 9.95. The first-order valence-electron chi connectivity index (χ1n) is 21.3. The van der Waals surface area contributed by atoms with Gasteiger partial charge in [0.15, 0.2) is 0 Å². The highest BCUT2D eigenvalue weighted by molar-refractivity contribution is 6.00. The average Bonchev–Trinajstić information content (AvgIpc) is 3.93. The zero-order valence-electron chi connectivity index (χ0n) is 36.3. The molecule has 0 amide bonds. The highest BCUT2D eigenvalue weighted by Crippen LogP contribution is 2.40. The standard InChI is InChI=1S/C48H58N4O8/c1-9-29-30(10-2)38-26-42-35(19-23-47(55)59-15-7)36(20-24-48(56)60-16-8)44(52-42)28-40-32(12-4)31(11-3)39(50-40)27-43-34(18-22-46(54)58-14-6)33(17-21-45(53)57-13-5)41(51-43)25-37(29)49-38/h17-18,21-22,25-28,49,51H,9-16,19-20,23-24H2,1-8H3/b21-17+,22-18+,37-25?,38-26?,39-27?,40-28?,41-25?,42-26?,43-27?,44-28?. The number of hydrogen-bond acceptors (Lipinski definition) is 10. The maximum absolute atomic E-state index is 12.8. The number of allylic oxidation sites excluding steroid dienone is 4. The van der Waals surface area contributed by atoms with E-state index in [1.807, 2.05) is 24.3 Å². The minimum Gasteiger partial charge on any atom is -0.466 e. The second kappa shape index (κ2) is 21.3. The van der Waals surface area contributed by atoms with Gasteiger partial charge < -0.3 is 28.9 Å². The third kappa shape index (κ3) is 10.4. The van der Waals surface area contributed by atoms with Crippen molar-refractivity contribution in [2.75, 3.05) is 26.4 Å². The Morgan fingerprint density at radius 1 is 0.483 bits per heavy atom. The number of rotatable bonds is 18. The normalized spacial score (nSPS) is 12.8. The van der Waals surface area contributed by atoms with Gasteiger partial charge in [0.1, 0.15) is 0 Å². The smallest absolute Gasteiger partial charge is 0.330 e. The van der Waals surface area contributed by atoms with Crippen molar-refractivity contribution in [2.45, 2.75) is 107 Å². The molecule has 0 radical (unpaired) electrons. The van der Waals surface area contributed by atoms with Crippen molar-refractivity contribution >= 4 is 80.4 Å². The maximum Gasteiger partial charge on any atom is 0.330 e. The van der Waals surface area contributed by atoms with Crippen molar-refractivity contribution in [3.8, 4) is 0 Å². The van der Waals surface area contributed by atoms with E-state index in [1.165, 1.54) is 12.2 Å². The van der Waals surface area contributed by atoms with E-state index in [0.29, 0.717) is 59.2 Å². The van der Waals surface area contributed by atoms with Crippen LogP contribution in [0, 0.1) is 0 Å². The Balaban J connectivity index is 1.97. The minimum atomic E-state index is -0.494. The summed E-state index contributed by atoms with van der Waals surface area (Å²) in [6.07, 6.45) is 10.0. The Hall–Kier alpha value is -6.04. The maximum atomic E-state index is 12.8. The van der Waals surface area contributed by atoms with Crippen LogP contribution in [0.1, 0.15) is 139 Å². The van der Waals surface area contributed by atoms with Gasteiger partial charge in [0.2, 0.25) is 0 Å². The minimum absolute atomic E-state index is 0.145. The molecule has 0 saturated heterocycles. The molecule has 3 aromatic rings. The number of carbonyl (C=O) groups is 4. The molecule has 0 aliphatic carbocycles. The Morgan fingerprint density at radius 2 is 0.867 bits per heavy atom. The summed E-state index contributed by atoms with van der Waals surface area (Å²) in [4.78, 5) is 68.8. The zero-order chi connectivity index (χ0) is 43.3. The summed E-state index contributed by atoms with van der Waals surface area (Å²) in [6.45, 7) is 16.5. The fourth-order valence-electron chi connectivity index (χ4n) is 7.96. The van der Waals surface area contributed by atoms with Gasteiger partial charge in [0.05, 0.1) is 49.2 Å². The van der Waals surface area contributed by atoms with Crippen molar-refractivity contribution in [1.82, 2.24) is 19.9 Å². The fraction of sp³-hybridized carbons (Fsp3) is 0.417. The fourth-order valence-corrected chi connectivity index (χ4v) is 7.96. The van der Waals surface area contributed by atoms with Crippen LogP contribution in [0.3, 0.4) is 0 Å². The van der Waals surface area contributed by atoms with Crippen LogP contribution in [-0.4, -0.2) is 70.2 Å². The first-order chi connectivity index (χ1) is 29.0. The Bertz CT molecular complexity index is 2410. The van der Waals surface area contributed by atoms with Gasteiger partial charge in [0.25, 0.3) is 0 Å². The van der Waals surface area contributed by atoms with Crippen LogP contribution in [-0.2, 0) is 51.0 Å². The van der Waals surface area contributed by atoms with Crippen molar-refractivity contribution in [1.29, 1.82) is 0 Å². The third-order valence-corrected chi connectivity index (χ3v) is 10.5. The van der Waals surface area contributed by atoms with Crippen molar-refractivity contribution in [2.24, 2.45) is 0 Å². The van der Waals surface area contributed by atoms with Crippen LogP contribution in [0.2, 0.25) is 0 Å². The number of H-pyrrole nitrogens is 2. The van der Waals surface area contributed by atoms with Gasteiger partial charge in [-0.15, -0.1) is 0 Å². The monoisotopic (exact) mass is 818 g/mol. The topological polar surface area (TPSA) is 163 Å². The van der Waals surface area contributed by atoms with Gasteiger partial charge in [-0.05, 0) is 136 Å². The number of carbonyl (C=O) groups excluding carboxylic acids is 4. The molecular formula is C48H58N4O8. The number of ether oxygens (including phenoxy) is 4. The van der Waals surface area contributed by atoms with Crippen LogP contribution in [0.25, 0.3) is 56.5 Å². The van der Waals surface area contributed by atoms with Gasteiger partial charge in [-0.2, -0.15) is 0 Å². The quantitative estimate of drug-likeness (QED) is 0.0718. The lowest BCUT2D eigenvalue weighted by Gasteiger charge is -2.09. The molecule has 8 bridgehead atoms. The molecule has 3 aromatic heterocycles. The van der Waals surface area contributed by atoms with Crippen molar-refractivity contribution < 1.29 is 38.1 Å². The summed E-state index contributed by atoms with van der Waals surface area (Å²) in [6, 6.07) is 8.04. The third-order valence-electron chi connectivity index (χ3n) is 10.5. The van der Waals surface area contributed by atoms with E-state index in [2.05, 4.69) is 37.7 Å². The van der Waals surface area contributed by atoms with Gasteiger partial charge >= 0.3 is 23.9 Å². The van der Waals surface area contributed by atoms with Gasteiger partial charge in [-0.3, -0.25) is 9.59 Å². The summed E-state index contributed by atoms with van der Waals surface area (Å²) in [5, 5.41) is 0. The number of aromatic amines is 2. The molecule has 60 heavy (non-hydrogen) atoms. The van der Waals surface area contributed by atoms with E-state index in [-0.39, 0.29) is 51.2 Å². The molecule has 0 unspecified atom stereocenters. The van der Waals surface area contributed by atoms with Crippen LogP contribution >= 0.6 is 0 Å². The van der Waals surface area contributed by atoms with Crippen molar-refractivity contribution in [3.05, 3.63) is 81.4 Å². The Morgan fingerprint density at radius 3 is 1.32 bits per heavy atom. The molecule has 2 aliphatic rings. The molecule has 12 heteroatoms. The molecule has 5 heterocycles. The van der Waals surface area contributed by atoms with Crippen LogP contribution in [0.4, 0.5) is 0 Å². The SMILES string of the molecule is CCOC(=O)/C=C/c1c(/C=C/C(=O)OCC)c2cc3[nH]c(cc4nc(cc5nc(cc1[nH]2)C(CC)=C5CC)C(CCC(=O)OCC)=C4CCC(=O)OCC)c(CC)c3CC. The van der Waals surface area contributed by atoms with Gasteiger partial charge in [0, 0.05) is 58.2 Å². The summed E-state index contributed by atoms with van der Waals surface area (Å²) < 4.78 is 21.2. The molecule has 12 nitrogen and oxygen atoms in total. The van der Waals surface area contributed by atoms with E-state index in [1.54, 1.807) is 39.8 Å². The lowest BCUT2D eigenvalue weighted by Crippen LogP contribution is -2.05. The molecule has 0 saturated carbocycles. The first-order valence-corrected chi connectivity index (χ1v) is 21.3. The Kier molecular flexibility index (Phi) is 16.0. The molecule has 0 atom stereocenters. The summed E-state index contributed by atoms with van der Waals surface area (Å²) >= 11 is 0. The lowest BCUT2D eigenvalue weighted by molar-refractivity contribution is -0.143. The first kappa shape index (κ1) is 45.1. The Labute approximate surface area is 352 Å². The van der Waals surface area contributed by atoms with Crippen LogP contribution in [0.5, 0.6) is 0 Å². The van der Waals surface area contributed by atoms with Gasteiger partial charge in [-0.25, -0.2) is 19.6 Å². The van der Waals surface area contributed by atoms with E-state index < -0.39 is 11.9 Å². The predicted octanol–water partition coefficient (Wildman–Crippen LogP) is 9.92. The van der Waals surface area contributed by atoms with E-state index >= 15 is 0 Å². The predicted molar refractivity (Wildman–Crippen MR) is 237 cm³/mol. The zero-order valence-corrected chi connectivity index (χ0v) is 36.3. The second-order valence-electron chi connectivity index (χ2n) is 14.1. The highest BCUT2D eigenvalue weighted by atomic mass is 16.5. The number of aromatic nitrogens is 4. The van der Waals surface area contributed by atoms with Gasteiger partial charge in [-0.1, -0.05) is 27.7 Å². The summed E-state index contributed by atoms with van der Waals surface area (Å²) in [5.74, 6) is -1.60. The molecule has 318 valence electrons.